The molecule has 5 N–H and O–H groups in total. The second-order valence-electron chi connectivity index (χ2n) is 4.02. The molecule has 102 valence electrons. The highest BCUT2D eigenvalue weighted by Gasteiger charge is 2.12. The molecule has 8 heteroatoms. The number of primary sulfonamides is 1. The summed E-state index contributed by atoms with van der Waals surface area (Å²) in [7, 11) is -3.60. The molecule has 0 saturated carbocycles. The van der Waals surface area contributed by atoms with E-state index in [0.717, 1.165) is 0 Å². The third-order valence-electron chi connectivity index (χ3n) is 2.56. The Morgan fingerprint density at radius 2 is 2.16 bits per heavy atom. The van der Waals surface area contributed by atoms with Gasteiger partial charge in [-0.15, -0.1) is 0 Å². The second kappa shape index (κ2) is 4.98. The first-order valence-corrected chi connectivity index (χ1v) is 7.17. The summed E-state index contributed by atoms with van der Waals surface area (Å²) in [6, 6.07) is 4.57. The topological polar surface area (TPSA) is 111 Å². The van der Waals surface area contributed by atoms with Gasteiger partial charge in [0, 0.05) is 23.8 Å². The number of aromatic nitrogens is 1. The maximum absolute atomic E-state index is 13.8. The van der Waals surface area contributed by atoms with Crippen LogP contribution >= 0.6 is 0 Å². The van der Waals surface area contributed by atoms with E-state index in [1.165, 1.54) is 12.3 Å². The Morgan fingerprint density at radius 3 is 2.84 bits per heavy atom. The van der Waals surface area contributed by atoms with E-state index in [9.17, 15) is 12.8 Å². The number of benzene rings is 1. The van der Waals surface area contributed by atoms with Gasteiger partial charge in [-0.25, -0.2) is 17.9 Å². The van der Waals surface area contributed by atoms with Crippen LogP contribution in [0.4, 0.5) is 15.8 Å². The third kappa shape index (κ3) is 3.09. The van der Waals surface area contributed by atoms with E-state index in [-0.39, 0.29) is 23.7 Å². The molecule has 0 fully saturated rings. The van der Waals surface area contributed by atoms with Gasteiger partial charge in [0.25, 0.3) is 0 Å². The van der Waals surface area contributed by atoms with E-state index in [1.54, 1.807) is 12.1 Å². The van der Waals surface area contributed by atoms with Gasteiger partial charge in [0.05, 0.1) is 17.0 Å². The van der Waals surface area contributed by atoms with Gasteiger partial charge < -0.3 is 11.1 Å². The monoisotopic (exact) mass is 284 g/mol. The van der Waals surface area contributed by atoms with Crippen molar-refractivity contribution >= 4 is 32.3 Å². The summed E-state index contributed by atoms with van der Waals surface area (Å²) in [6.45, 7) is -0.00859. The maximum atomic E-state index is 13.8. The summed E-state index contributed by atoms with van der Waals surface area (Å²) in [4.78, 5) is 4.05. The number of pyridine rings is 1. The third-order valence-corrected chi connectivity index (χ3v) is 3.34. The van der Waals surface area contributed by atoms with Crippen molar-refractivity contribution in [1.82, 2.24) is 4.98 Å². The Bertz CT molecular complexity index is 718. The number of hydrogen-bond donors (Lipinski definition) is 3. The van der Waals surface area contributed by atoms with Crippen LogP contribution in [0.15, 0.2) is 24.4 Å². The van der Waals surface area contributed by atoms with Crippen LogP contribution in [0.1, 0.15) is 0 Å². The molecule has 1 aromatic carbocycles. The summed E-state index contributed by atoms with van der Waals surface area (Å²) in [5.41, 5.74) is 6.45. The minimum atomic E-state index is -3.60. The molecule has 0 amide bonds. The lowest BCUT2D eigenvalue weighted by atomic mass is 10.1. The highest BCUT2D eigenvalue weighted by molar-refractivity contribution is 7.89. The van der Waals surface area contributed by atoms with Crippen LogP contribution in [0.3, 0.4) is 0 Å². The number of nitrogens with zero attached hydrogens (tertiary/aromatic N) is 1. The summed E-state index contributed by atoms with van der Waals surface area (Å²) < 4.78 is 35.5. The predicted molar refractivity (Wildman–Crippen MR) is 72.6 cm³/mol. The number of fused-ring (bicyclic) bond motifs is 1. The van der Waals surface area contributed by atoms with Crippen LogP contribution in [-0.2, 0) is 10.0 Å². The molecule has 0 aliphatic rings. The van der Waals surface area contributed by atoms with Gasteiger partial charge >= 0.3 is 0 Å². The average Bonchev–Trinajstić information content (AvgIpc) is 2.32. The summed E-state index contributed by atoms with van der Waals surface area (Å²) >= 11 is 0. The molecule has 0 saturated heterocycles. The normalized spacial score (nSPS) is 11.7. The first-order valence-electron chi connectivity index (χ1n) is 5.45. The molecule has 19 heavy (non-hydrogen) atoms. The molecule has 0 unspecified atom stereocenters. The molecule has 0 aliphatic heterocycles. The summed E-state index contributed by atoms with van der Waals surface area (Å²) in [5, 5.41) is 8.16. The molecule has 1 aromatic heterocycles. The standard InChI is InChI=1S/C11H13FN4O2S/c12-8-6-9(13)7-2-1-3-15-10(7)11(8)16-4-5-19(14,17)18/h1-3,6,16H,4-5,13H2,(H2,14,17,18). The molecule has 0 spiro atoms. The van der Waals surface area contributed by atoms with Gasteiger partial charge in [-0.05, 0) is 18.2 Å². The molecule has 0 radical (unpaired) electrons. The Labute approximate surface area is 109 Å². The van der Waals surface area contributed by atoms with Crippen molar-refractivity contribution < 1.29 is 12.8 Å². The molecule has 6 nitrogen and oxygen atoms in total. The molecule has 1 heterocycles. The zero-order chi connectivity index (χ0) is 14.0. The van der Waals surface area contributed by atoms with Crippen molar-refractivity contribution in [3.63, 3.8) is 0 Å². The first kappa shape index (κ1) is 13.5. The first-order chi connectivity index (χ1) is 8.88. The number of halogens is 1. The Morgan fingerprint density at radius 1 is 1.42 bits per heavy atom. The molecule has 2 aromatic rings. The largest absolute Gasteiger partial charge is 0.398 e. The quantitative estimate of drug-likeness (QED) is 0.714. The Kier molecular flexibility index (Phi) is 3.54. The van der Waals surface area contributed by atoms with Crippen LogP contribution in [-0.4, -0.2) is 25.7 Å². The molecular weight excluding hydrogens is 271 g/mol. The van der Waals surface area contributed by atoms with Crippen molar-refractivity contribution in [1.29, 1.82) is 0 Å². The molecule has 0 bridgehead atoms. The SMILES string of the molecule is Nc1cc(F)c(NCCS(N)(=O)=O)c2ncccc12. The lowest BCUT2D eigenvalue weighted by molar-refractivity contribution is 0.597. The van der Waals surface area contributed by atoms with E-state index >= 15 is 0 Å². The Hall–Kier alpha value is -1.93. The summed E-state index contributed by atoms with van der Waals surface area (Å²) in [6.07, 6.45) is 1.51. The number of nitrogens with one attached hydrogen (secondary N) is 1. The van der Waals surface area contributed by atoms with Gasteiger partial charge in [-0.2, -0.15) is 0 Å². The van der Waals surface area contributed by atoms with Gasteiger partial charge in [0.1, 0.15) is 0 Å². The maximum Gasteiger partial charge on any atom is 0.210 e. The van der Waals surface area contributed by atoms with E-state index in [1.807, 2.05) is 0 Å². The van der Waals surface area contributed by atoms with Gasteiger partial charge in [0.2, 0.25) is 10.0 Å². The van der Waals surface area contributed by atoms with Gasteiger partial charge in [-0.3, -0.25) is 4.98 Å². The molecule has 2 rings (SSSR count). The average molecular weight is 284 g/mol. The fourth-order valence-corrected chi connectivity index (χ4v) is 2.11. The van der Waals surface area contributed by atoms with E-state index in [4.69, 9.17) is 10.9 Å². The van der Waals surface area contributed by atoms with Crippen molar-refractivity contribution in [2.45, 2.75) is 0 Å². The van der Waals surface area contributed by atoms with Crippen LogP contribution in [0.25, 0.3) is 10.9 Å². The lowest BCUT2D eigenvalue weighted by Gasteiger charge is -2.11. The minimum Gasteiger partial charge on any atom is -0.398 e. The van der Waals surface area contributed by atoms with E-state index < -0.39 is 15.8 Å². The van der Waals surface area contributed by atoms with Crippen LogP contribution in [0.5, 0.6) is 0 Å². The highest BCUT2D eigenvalue weighted by atomic mass is 32.2. The highest BCUT2D eigenvalue weighted by Crippen LogP contribution is 2.29. The van der Waals surface area contributed by atoms with E-state index in [0.29, 0.717) is 10.9 Å². The summed E-state index contributed by atoms with van der Waals surface area (Å²) in [5.74, 6) is -0.886. The number of nitrogen functional groups attached to an aromatic ring is 1. The van der Waals surface area contributed by atoms with Gasteiger partial charge in [0.15, 0.2) is 5.82 Å². The second-order valence-corrected chi connectivity index (χ2v) is 5.75. The van der Waals surface area contributed by atoms with Gasteiger partial charge in [-0.1, -0.05) is 0 Å². The smallest absolute Gasteiger partial charge is 0.210 e. The zero-order valence-corrected chi connectivity index (χ0v) is 10.7. The number of sulfonamides is 1. The van der Waals surface area contributed by atoms with Crippen LogP contribution in [0, 0.1) is 5.82 Å². The van der Waals surface area contributed by atoms with Crippen molar-refractivity contribution in [2.75, 3.05) is 23.3 Å². The van der Waals surface area contributed by atoms with Crippen LogP contribution in [0.2, 0.25) is 0 Å². The molecule has 0 atom stereocenters. The molecule has 0 aliphatic carbocycles. The molecular formula is C11H13FN4O2S. The fraction of sp³-hybridized carbons (Fsp3) is 0.182. The minimum absolute atomic E-state index is 0.00859. The van der Waals surface area contributed by atoms with Crippen molar-refractivity contribution in [2.24, 2.45) is 5.14 Å². The number of hydrogen-bond acceptors (Lipinski definition) is 5. The fourth-order valence-electron chi connectivity index (χ4n) is 1.72. The number of rotatable bonds is 4. The number of anilines is 2. The van der Waals surface area contributed by atoms with Crippen molar-refractivity contribution in [3.05, 3.63) is 30.2 Å². The van der Waals surface area contributed by atoms with Crippen molar-refractivity contribution in [3.8, 4) is 0 Å². The van der Waals surface area contributed by atoms with E-state index in [2.05, 4.69) is 10.3 Å². The lowest BCUT2D eigenvalue weighted by Crippen LogP contribution is -2.22. The van der Waals surface area contributed by atoms with Crippen LogP contribution < -0.4 is 16.2 Å². The number of nitrogens with two attached hydrogens (primary N) is 2. The predicted octanol–water partition coefficient (Wildman–Crippen LogP) is 0.657. The Balaban J connectivity index is 2.37. The zero-order valence-electron chi connectivity index (χ0n) is 9.93.